The number of hydrogen-bond acceptors (Lipinski definition) is 4. The average Bonchev–Trinajstić information content (AvgIpc) is 2.32. The van der Waals surface area contributed by atoms with E-state index in [1.54, 1.807) is 7.11 Å². The highest BCUT2D eigenvalue weighted by molar-refractivity contribution is 5.80. The number of unbranched alkanes of at least 4 members (excludes halogenated alkanes) is 2. The zero-order valence-corrected chi connectivity index (χ0v) is 11.1. The first-order chi connectivity index (χ1) is 7.74. The van der Waals surface area contributed by atoms with Crippen LogP contribution in [0.5, 0.6) is 0 Å². The summed E-state index contributed by atoms with van der Waals surface area (Å²) in [4.78, 5) is 5.19. The first kappa shape index (κ1) is 15.4. The molecule has 0 aromatic carbocycles. The quantitative estimate of drug-likeness (QED) is 0.271. The van der Waals surface area contributed by atoms with Gasteiger partial charge in [0.2, 0.25) is 0 Å². The molecule has 0 saturated carbocycles. The lowest BCUT2D eigenvalue weighted by molar-refractivity contribution is 0.0702. The largest absolute Gasteiger partial charge is 0.396 e. The van der Waals surface area contributed by atoms with Crippen LogP contribution in [0.15, 0.2) is 5.16 Å². The highest BCUT2D eigenvalue weighted by Gasteiger charge is 2.01. The molecule has 0 amide bonds. The van der Waals surface area contributed by atoms with E-state index >= 15 is 0 Å². The maximum atomic E-state index is 5.21. The Morgan fingerprint density at radius 1 is 1.31 bits per heavy atom. The molecule has 0 aromatic rings. The Morgan fingerprint density at radius 2 is 2.06 bits per heavy atom. The molecule has 96 valence electrons. The number of nitrogens with zero attached hydrogens (tertiary/aromatic N) is 1. The van der Waals surface area contributed by atoms with Crippen LogP contribution in [0.4, 0.5) is 0 Å². The van der Waals surface area contributed by atoms with Gasteiger partial charge in [0.1, 0.15) is 12.8 Å². The second-order valence-corrected chi connectivity index (χ2v) is 3.88. The van der Waals surface area contributed by atoms with E-state index in [1.165, 1.54) is 0 Å². The molecule has 1 unspecified atom stereocenters. The molecule has 0 aliphatic carbocycles. The maximum Gasteiger partial charge on any atom is 0.117 e. The van der Waals surface area contributed by atoms with Crippen molar-refractivity contribution in [1.82, 2.24) is 5.32 Å². The van der Waals surface area contributed by atoms with Gasteiger partial charge in [-0.05, 0) is 46.1 Å². The van der Waals surface area contributed by atoms with Gasteiger partial charge in [-0.3, -0.25) is 5.32 Å². The van der Waals surface area contributed by atoms with E-state index < -0.39 is 0 Å². The molecule has 4 heteroatoms. The fourth-order valence-corrected chi connectivity index (χ4v) is 1.27. The Morgan fingerprint density at radius 3 is 2.62 bits per heavy atom. The molecular formula is C12H26N2O2. The number of methoxy groups -OCH3 is 1. The smallest absolute Gasteiger partial charge is 0.117 e. The van der Waals surface area contributed by atoms with Crippen molar-refractivity contribution in [3.63, 3.8) is 0 Å². The van der Waals surface area contributed by atoms with Gasteiger partial charge in [0, 0.05) is 7.11 Å². The zero-order chi connectivity index (χ0) is 12.2. The van der Waals surface area contributed by atoms with Crippen LogP contribution in [0.3, 0.4) is 0 Å². The summed E-state index contributed by atoms with van der Waals surface area (Å²) in [5.41, 5.74) is 1.05. The van der Waals surface area contributed by atoms with E-state index in [2.05, 4.69) is 17.4 Å². The van der Waals surface area contributed by atoms with E-state index in [-0.39, 0.29) is 6.23 Å². The summed E-state index contributed by atoms with van der Waals surface area (Å²) in [6.45, 7) is 4.77. The van der Waals surface area contributed by atoms with Gasteiger partial charge in [-0.1, -0.05) is 12.1 Å². The van der Waals surface area contributed by atoms with Crippen LogP contribution in [0.25, 0.3) is 0 Å². The van der Waals surface area contributed by atoms with E-state index in [9.17, 15) is 0 Å². The lowest BCUT2D eigenvalue weighted by Crippen LogP contribution is -2.26. The van der Waals surface area contributed by atoms with Crippen molar-refractivity contribution in [1.29, 1.82) is 0 Å². The predicted octanol–water partition coefficient (Wildman–Crippen LogP) is 2.54. The third kappa shape index (κ3) is 8.68. The van der Waals surface area contributed by atoms with E-state index in [1.807, 2.05) is 14.0 Å². The van der Waals surface area contributed by atoms with Crippen LogP contribution in [0, 0.1) is 0 Å². The van der Waals surface area contributed by atoms with Gasteiger partial charge in [-0.15, -0.1) is 0 Å². The third-order valence-electron chi connectivity index (χ3n) is 2.54. The number of nitrogens with one attached hydrogen (secondary N) is 1. The molecule has 0 aliphatic rings. The molecule has 0 radical (unpaired) electrons. The Kier molecular flexibility index (Phi) is 10.5. The molecule has 0 aromatic heterocycles. The molecule has 0 rings (SSSR count). The number of ether oxygens (including phenoxy) is 1. The lowest BCUT2D eigenvalue weighted by Gasteiger charge is -2.13. The van der Waals surface area contributed by atoms with Crippen molar-refractivity contribution in [2.75, 3.05) is 20.8 Å². The second-order valence-electron chi connectivity index (χ2n) is 3.88. The van der Waals surface area contributed by atoms with Crippen LogP contribution in [-0.2, 0) is 9.57 Å². The van der Waals surface area contributed by atoms with Crippen LogP contribution in [0.2, 0.25) is 0 Å². The third-order valence-corrected chi connectivity index (χ3v) is 2.54. The van der Waals surface area contributed by atoms with E-state index in [0.29, 0.717) is 6.61 Å². The lowest BCUT2D eigenvalue weighted by atomic mass is 10.2. The second kappa shape index (κ2) is 10.9. The Balaban J connectivity index is 3.27. The fourth-order valence-electron chi connectivity index (χ4n) is 1.27. The minimum Gasteiger partial charge on any atom is -0.396 e. The van der Waals surface area contributed by atoms with E-state index in [0.717, 1.165) is 37.8 Å². The van der Waals surface area contributed by atoms with Crippen LogP contribution >= 0.6 is 0 Å². The summed E-state index contributed by atoms with van der Waals surface area (Å²) >= 11 is 0. The minimum atomic E-state index is 0.182. The fraction of sp³-hybridized carbons (Fsp3) is 0.917. The highest BCUT2D eigenvalue weighted by Crippen LogP contribution is 2.04. The summed E-state index contributed by atoms with van der Waals surface area (Å²) in [5.74, 6) is 0. The topological polar surface area (TPSA) is 42.8 Å². The van der Waals surface area contributed by atoms with Gasteiger partial charge in [0.15, 0.2) is 0 Å². The van der Waals surface area contributed by atoms with Crippen molar-refractivity contribution in [3.05, 3.63) is 0 Å². The Hall–Kier alpha value is -0.610. The number of oxime groups is 1. The first-order valence-corrected chi connectivity index (χ1v) is 6.10. The molecular weight excluding hydrogens is 204 g/mol. The van der Waals surface area contributed by atoms with Crippen molar-refractivity contribution < 1.29 is 9.57 Å². The molecule has 0 fully saturated rings. The summed E-state index contributed by atoms with van der Waals surface area (Å²) in [7, 11) is 3.64. The van der Waals surface area contributed by atoms with Gasteiger partial charge in [-0.25, -0.2) is 0 Å². The standard InChI is InChI=1S/C12H26N2O2/c1-5-11(2)14-16-10-8-6-7-9-12(13-3)15-4/h12-13H,5-10H2,1-4H3/b14-11+. The molecule has 0 bridgehead atoms. The first-order valence-electron chi connectivity index (χ1n) is 6.10. The van der Waals surface area contributed by atoms with Gasteiger partial charge >= 0.3 is 0 Å². The van der Waals surface area contributed by atoms with Gasteiger partial charge < -0.3 is 9.57 Å². The van der Waals surface area contributed by atoms with Gasteiger partial charge in [0.05, 0.1) is 5.71 Å². The minimum absolute atomic E-state index is 0.182. The Bertz CT molecular complexity index is 180. The summed E-state index contributed by atoms with van der Waals surface area (Å²) < 4.78 is 5.21. The average molecular weight is 230 g/mol. The molecule has 0 heterocycles. The molecule has 4 nitrogen and oxygen atoms in total. The van der Waals surface area contributed by atoms with Crippen molar-refractivity contribution >= 4 is 5.71 Å². The molecule has 0 aliphatic heterocycles. The van der Waals surface area contributed by atoms with Crippen molar-refractivity contribution in [2.24, 2.45) is 5.16 Å². The van der Waals surface area contributed by atoms with Crippen molar-refractivity contribution in [3.8, 4) is 0 Å². The number of rotatable bonds is 10. The normalized spacial score (nSPS) is 13.9. The van der Waals surface area contributed by atoms with Gasteiger partial charge in [-0.2, -0.15) is 0 Å². The molecule has 1 atom stereocenters. The summed E-state index contributed by atoms with van der Waals surface area (Å²) in [6, 6.07) is 0. The van der Waals surface area contributed by atoms with Crippen LogP contribution in [0.1, 0.15) is 46.0 Å². The van der Waals surface area contributed by atoms with Gasteiger partial charge in [0.25, 0.3) is 0 Å². The molecule has 1 N–H and O–H groups in total. The van der Waals surface area contributed by atoms with Crippen molar-refractivity contribution in [2.45, 2.75) is 52.2 Å². The summed E-state index contributed by atoms with van der Waals surface area (Å²) in [6.07, 6.45) is 5.55. The molecule has 0 saturated heterocycles. The Labute approximate surface area is 99.4 Å². The SMILES string of the molecule is CC/C(C)=N/OCCCCCC(NC)OC. The maximum absolute atomic E-state index is 5.21. The molecule has 16 heavy (non-hydrogen) atoms. The summed E-state index contributed by atoms with van der Waals surface area (Å²) in [5, 5.41) is 7.09. The van der Waals surface area contributed by atoms with E-state index in [4.69, 9.17) is 9.57 Å². The van der Waals surface area contributed by atoms with Crippen LogP contribution in [-0.4, -0.2) is 32.7 Å². The monoisotopic (exact) mass is 230 g/mol. The highest BCUT2D eigenvalue weighted by atomic mass is 16.6. The molecule has 0 spiro atoms. The predicted molar refractivity (Wildman–Crippen MR) is 67.7 cm³/mol. The van der Waals surface area contributed by atoms with Crippen LogP contribution < -0.4 is 5.32 Å². The zero-order valence-electron chi connectivity index (χ0n) is 11.1. The number of hydrogen-bond donors (Lipinski definition) is 1.